The van der Waals surface area contributed by atoms with Gasteiger partial charge in [0.25, 0.3) is 5.91 Å². The molecule has 1 N–H and O–H groups in total. The molecule has 0 aliphatic carbocycles. The molecule has 2 aromatic rings. The molecule has 0 aliphatic heterocycles. The summed E-state index contributed by atoms with van der Waals surface area (Å²) in [7, 11) is 0. The van der Waals surface area contributed by atoms with Crippen molar-refractivity contribution in [1.82, 2.24) is 0 Å². The van der Waals surface area contributed by atoms with Gasteiger partial charge in [0.1, 0.15) is 11.6 Å². The second-order valence-corrected chi connectivity index (χ2v) is 4.45. The molecule has 0 bridgehead atoms. The zero-order chi connectivity index (χ0) is 14.5. The van der Waals surface area contributed by atoms with Crippen LogP contribution < -0.4 is 10.1 Å². The standard InChI is InChI=1S/C15H13ClFNO2/c1-2-20-14-8-3-10(9-13(14)16)15(19)18-12-6-4-11(17)5-7-12/h3-9H,2H2,1H3,(H,18,19). The van der Waals surface area contributed by atoms with Crippen LogP contribution in [0.4, 0.5) is 10.1 Å². The third kappa shape index (κ3) is 3.48. The molecule has 2 rings (SSSR count). The first-order chi connectivity index (χ1) is 9.60. The summed E-state index contributed by atoms with van der Waals surface area (Å²) < 4.78 is 18.1. The van der Waals surface area contributed by atoms with Crippen LogP contribution in [0.5, 0.6) is 5.75 Å². The quantitative estimate of drug-likeness (QED) is 0.920. The third-order valence-corrected chi connectivity index (χ3v) is 2.89. The summed E-state index contributed by atoms with van der Waals surface area (Å²) >= 11 is 6.02. The lowest BCUT2D eigenvalue weighted by Gasteiger charge is -2.08. The lowest BCUT2D eigenvalue weighted by atomic mass is 10.2. The van der Waals surface area contributed by atoms with E-state index in [1.54, 1.807) is 12.1 Å². The average Bonchev–Trinajstić information content (AvgIpc) is 2.44. The molecule has 0 unspecified atom stereocenters. The van der Waals surface area contributed by atoms with Crippen LogP contribution in [0.15, 0.2) is 42.5 Å². The van der Waals surface area contributed by atoms with E-state index in [2.05, 4.69) is 5.32 Å². The Labute approximate surface area is 121 Å². The average molecular weight is 294 g/mol. The zero-order valence-corrected chi connectivity index (χ0v) is 11.6. The van der Waals surface area contributed by atoms with Gasteiger partial charge in [-0.05, 0) is 49.4 Å². The van der Waals surface area contributed by atoms with Crippen molar-refractivity contribution in [2.75, 3.05) is 11.9 Å². The first-order valence-corrected chi connectivity index (χ1v) is 6.47. The van der Waals surface area contributed by atoms with Crippen LogP contribution in [0.3, 0.4) is 0 Å². The highest BCUT2D eigenvalue weighted by atomic mass is 35.5. The number of carbonyl (C=O) groups excluding carboxylic acids is 1. The smallest absolute Gasteiger partial charge is 0.255 e. The maximum Gasteiger partial charge on any atom is 0.255 e. The maximum absolute atomic E-state index is 12.8. The molecule has 0 spiro atoms. The van der Waals surface area contributed by atoms with E-state index in [-0.39, 0.29) is 11.7 Å². The molecule has 0 heterocycles. The van der Waals surface area contributed by atoms with Gasteiger partial charge in [0.2, 0.25) is 0 Å². The molecule has 2 aromatic carbocycles. The Bertz CT molecular complexity index is 614. The molecule has 0 fully saturated rings. The summed E-state index contributed by atoms with van der Waals surface area (Å²) in [6, 6.07) is 10.3. The normalized spacial score (nSPS) is 10.2. The van der Waals surface area contributed by atoms with E-state index in [4.69, 9.17) is 16.3 Å². The fourth-order valence-corrected chi connectivity index (χ4v) is 1.89. The number of amides is 1. The van der Waals surface area contributed by atoms with E-state index in [1.807, 2.05) is 6.92 Å². The second kappa shape index (κ2) is 6.39. The molecule has 0 aliphatic rings. The van der Waals surface area contributed by atoms with Gasteiger partial charge >= 0.3 is 0 Å². The Balaban J connectivity index is 2.13. The first kappa shape index (κ1) is 14.3. The predicted molar refractivity (Wildman–Crippen MR) is 77.0 cm³/mol. The van der Waals surface area contributed by atoms with Crippen LogP contribution in [0.2, 0.25) is 5.02 Å². The van der Waals surface area contributed by atoms with Crippen LogP contribution in [0.1, 0.15) is 17.3 Å². The molecule has 0 saturated carbocycles. The fraction of sp³-hybridized carbons (Fsp3) is 0.133. The molecular weight excluding hydrogens is 281 g/mol. The lowest BCUT2D eigenvalue weighted by Crippen LogP contribution is -2.11. The van der Waals surface area contributed by atoms with Crippen molar-refractivity contribution in [2.45, 2.75) is 6.92 Å². The molecule has 0 radical (unpaired) electrons. The van der Waals surface area contributed by atoms with Crippen molar-refractivity contribution >= 4 is 23.2 Å². The number of nitrogens with one attached hydrogen (secondary N) is 1. The number of hydrogen-bond donors (Lipinski definition) is 1. The highest BCUT2D eigenvalue weighted by Crippen LogP contribution is 2.25. The van der Waals surface area contributed by atoms with Crippen LogP contribution >= 0.6 is 11.6 Å². The van der Waals surface area contributed by atoms with E-state index < -0.39 is 0 Å². The van der Waals surface area contributed by atoms with Gasteiger partial charge in [-0.15, -0.1) is 0 Å². The van der Waals surface area contributed by atoms with E-state index in [9.17, 15) is 9.18 Å². The highest BCUT2D eigenvalue weighted by molar-refractivity contribution is 6.32. The van der Waals surface area contributed by atoms with Crippen LogP contribution in [0.25, 0.3) is 0 Å². The van der Waals surface area contributed by atoms with E-state index >= 15 is 0 Å². The minimum atomic E-state index is -0.355. The van der Waals surface area contributed by atoms with Gasteiger partial charge in [0, 0.05) is 11.3 Å². The predicted octanol–water partition coefficient (Wildman–Crippen LogP) is 4.13. The van der Waals surface area contributed by atoms with Crippen molar-refractivity contribution in [3.8, 4) is 5.75 Å². The van der Waals surface area contributed by atoms with E-state index in [0.29, 0.717) is 28.6 Å². The van der Waals surface area contributed by atoms with Gasteiger partial charge in [-0.3, -0.25) is 4.79 Å². The summed E-state index contributed by atoms with van der Waals surface area (Å²) in [5.41, 5.74) is 0.921. The largest absolute Gasteiger partial charge is 0.492 e. The first-order valence-electron chi connectivity index (χ1n) is 6.09. The molecule has 0 aromatic heterocycles. The van der Waals surface area contributed by atoms with Crippen molar-refractivity contribution in [1.29, 1.82) is 0 Å². The number of halogens is 2. The van der Waals surface area contributed by atoms with Gasteiger partial charge in [-0.25, -0.2) is 4.39 Å². The summed E-state index contributed by atoms with van der Waals surface area (Å²) in [6.45, 7) is 2.35. The van der Waals surface area contributed by atoms with Crippen LogP contribution in [-0.2, 0) is 0 Å². The van der Waals surface area contributed by atoms with Gasteiger partial charge in [-0.1, -0.05) is 11.6 Å². The summed E-state index contributed by atoms with van der Waals surface area (Å²) in [5.74, 6) is -0.138. The van der Waals surface area contributed by atoms with Gasteiger partial charge < -0.3 is 10.1 Å². The minimum absolute atomic E-state index is 0.318. The molecule has 5 heteroatoms. The van der Waals surface area contributed by atoms with Crippen molar-refractivity contribution in [3.63, 3.8) is 0 Å². The van der Waals surface area contributed by atoms with Crippen molar-refractivity contribution in [3.05, 3.63) is 58.9 Å². The van der Waals surface area contributed by atoms with E-state index in [1.165, 1.54) is 30.3 Å². The number of benzene rings is 2. The highest BCUT2D eigenvalue weighted by Gasteiger charge is 2.09. The summed E-state index contributed by atoms with van der Waals surface area (Å²) in [6.07, 6.45) is 0. The fourth-order valence-electron chi connectivity index (χ4n) is 1.65. The second-order valence-electron chi connectivity index (χ2n) is 4.04. The van der Waals surface area contributed by atoms with Gasteiger partial charge in [0.05, 0.1) is 11.6 Å². The zero-order valence-electron chi connectivity index (χ0n) is 10.8. The third-order valence-electron chi connectivity index (χ3n) is 2.60. The molecule has 3 nitrogen and oxygen atoms in total. The Hall–Kier alpha value is -2.07. The SMILES string of the molecule is CCOc1ccc(C(=O)Nc2ccc(F)cc2)cc1Cl. The van der Waals surface area contributed by atoms with Crippen LogP contribution in [-0.4, -0.2) is 12.5 Å². The number of ether oxygens (including phenoxy) is 1. The number of rotatable bonds is 4. The maximum atomic E-state index is 12.8. The number of anilines is 1. The van der Waals surface area contributed by atoms with E-state index in [0.717, 1.165) is 0 Å². The molecule has 104 valence electrons. The topological polar surface area (TPSA) is 38.3 Å². The summed E-state index contributed by atoms with van der Waals surface area (Å²) in [5, 5.41) is 3.03. The Morgan fingerprint density at radius 2 is 1.95 bits per heavy atom. The molecule has 20 heavy (non-hydrogen) atoms. The van der Waals surface area contributed by atoms with Crippen molar-refractivity contribution in [2.24, 2.45) is 0 Å². The van der Waals surface area contributed by atoms with Crippen molar-refractivity contribution < 1.29 is 13.9 Å². The molecule has 1 amide bonds. The molecule has 0 saturated heterocycles. The minimum Gasteiger partial charge on any atom is -0.492 e. The lowest BCUT2D eigenvalue weighted by molar-refractivity contribution is 0.102. The monoisotopic (exact) mass is 293 g/mol. The van der Waals surface area contributed by atoms with Crippen LogP contribution in [0, 0.1) is 5.82 Å². The van der Waals surface area contributed by atoms with Gasteiger partial charge in [-0.2, -0.15) is 0 Å². The molecular formula is C15H13ClFNO2. The Kier molecular flexibility index (Phi) is 4.58. The molecule has 0 atom stereocenters. The number of carbonyl (C=O) groups is 1. The van der Waals surface area contributed by atoms with Gasteiger partial charge in [0.15, 0.2) is 0 Å². The Morgan fingerprint density at radius 3 is 2.55 bits per heavy atom. The number of hydrogen-bond acceptors (Lipinski definition) is 2. The Morgan fingerprint density at radius 1 is 1.25 bits per heavy atom. The summed E-state index contributed by atoms with van der Waals surface area (Å²) in [4.78, 5) is 12.0.